The number of hydrogen-bond donors (Lipinski definition) is 2. The molecule has 2 N–H and O–H groups in total. The summed E-state index contributed by atoms with van der Waals surface area (Å²) in [4.78, 5) is 19.9. The maximum atomic E-state index is 12.7. The van der Waals surface area contributed by atoms with Crippen molar-refractivity contribution in [2.45, 2.75) is 44.2 Å². The van der Waals surface area contributed by atoms with Crippen molar-refractivity contribution in [3.05, 3.63) is 71.9 Å². The number of amides is 1. The predicted molar refractivity (Wildman–Crippen MR) is 155 cm³/mol. The van der Waals surface area contributed by atoms with E-state index in [4.69, 9.17) is 19.6 Å². The Morgan fingerprint density at radius 2 is 1.90 bits per heavy atom. The monoisotopic (exact) mass is 540 g/mol. The van der Waals surface area contributed by atoms with Crippen LogP contribution in [0.1, 0.15) is 41.6 Å². The molecule has 9 heteroatoms. The van der Waals surface area contributed by atoms with Crippen LogP contribution >= 0.6 is 0 Å². The summed E-state index contributed by atoms with van der Waals surface area (Å²) in [5, 5.41) is 11.5. The zero-order valence-corrected chi connectivity index (χ0v) is 23.3. The Kier molecular flexibility index (Phi) is 7.16. The first-order valence-electron chi connectivity index (χ1n) is 13.9. The molecule has 0 bridgehead atoms. The molecule has 1 aliphatic heterocycles. The number of likely N-dealkylation sites (N-methyl/N-ethyl adjacent to an activating group) is 1. The molecule has 0 atom stereocenters. The van der Waals surface area contributed by atoms with Crippen LogP contribution in [-0.4, -0.2) is 70.8 Å². The molecule has 1 aliphatic carbocycles. The summed E-state index contributed by atoms with van der Waals surface area (Å²) in [6.45, 7) is 4.18. The third kappa shape index (κ3) is 5.39. The number of nitrogens with one attached hydrogen (secondary N) is 2. The highest BCUT2D eigenvalue weighted by molar-refractivity contribution is 5.97. The van der Waals surface area contributed by atoms with E-state index in [2.05, 4.69) is 29.6 Å². The lowest BCUT2D eigenvalue weighted by Crippen LogP contribution is -2.53. The number of anilines is 1. The number of hydrogen-bond acceptors (Lipinski definition) is 7. The SMILES string of the molecule is Cc1cc(-c2cnn3c(NCC4(N(C)C)CCOCC4)cc(Oc4ccccc4)nc23)ccc1C(=O)NC1CC1. The van der Waals surface area contributed by atoms with Crippen LogP contribution in [0, 0.1) is 6.92 Å². The van der Waals surface area contributed by atoms with Gasteiger partial charge in [-0.1, -0.05) is 30.3 Å². The maximum absolute atomic E-state index is 12.7. The molecule has 0 spiro atoms. The number of nitrogens with zero attached hydrogens (tertiary/aromatic N) is 4. The average molecular weight is 541 g/mol. The van der Waals surface area contributed by atoms with E-state index < -0.39 is 0 Å². The van der Waals surface area contributed by atoms with Crippen molar-refractivity contribution in [2.24, 2.45) is 0 Å². The molecule has 3 heterocycles. The molecule has 2 aromatic carbocycles. The van der Waals surface area contributed by atoms with Crippen LogP contribution in [0.25, 0.3) is 16.8 Å². The van der Waals surface area contributed by atoms with Gasteiger partial charge in [0, 0.05) is 48.5 Å². The number of rotatable bonds is 9. The summed E-state index contributed by atoms with van der Waals surface area (Å²) in [6, 6.07) is 17.8. The normalized spacial score (nSPS) is 16.7. The Hall–Kier alpha value is -3.95. The summed E-state index contributed by atoms with van der Waals surface area (Å²) in [5.74, 6) is 1.97. The van der Waals surface area contributed by atoms with E-state index in [9.17, 15) is 4.79 Å². The highest BCUT2D eigenvalue weighted by Crippen LogP contribution is 2.32. The van der Waals surface area contributed by atoms with E-state index in [1.807, 2.05) is 72.2 Å². The van der Waals surface area contributed by atoms with Crippen molar-refractivity contribution in [3.63, 3.8) is 0 Å². The molecule has 1 amide bonds. The molecule has 2 fully saturated rings. The Morgan fingerprint density at radius 3 is 2.60 bits per heavy atom. The van der Waals surface area contributed by atoms with Gasteiger partial charge in [0.15, 0.2) is 5.65 Å². The first-order valence-corrected chi connectivity index (χ1v) is 13.9. The van der Waals surface area contributed by atoms with Gasteiger partial charge in [0.05, 0.1) is 6.20 Å². The van der Waals surface area contributed by atoms with Gasteiger partial charge in [-0.3, -0.25) is 4.79 Å². The fourth-order valence-corrected chi connectivity index (χ4v) is 5.30. The van der Waals surface area contributed by atoms with Gasteiger partial charge >= 0.3 is 0 Å². The number of aromatic nitrogens is 3. The molecule has 0 radical (unpaired) electrons. The number of carbonyl (C=O) groups excluding carboxylic acids is 1. The minimum atomic E-state index is -0.0295. The molecule has 40 heavy (non-hydrogen) atoms. The van der Waals surface area contributed by atoms with E-state index in [0.717, 1.165) is 68.0 Å². The first kappa shape index (κ1) is 26.3. The van der Waals surface area contributed by atoms with Gasteiger partial charge in [-0.15, -0.1) is 0 Å². The van der Waals surface area contributed by atoms with Gasteiger partial charge in [0.2, 0.25) is 5.88 Å². The summed E-state index contributed by atoms with van der Waals surface area (Å²) in [6.07, 6.45) is 5.83. The van der Waals surface area contributed by atoms with Gasteiger partial charge in [-0.2, -0.15) is 14.6 Å². The maximum Gasteiger partial charge on any atom is 0.251 e. The second-order valence-electron chi connectivity index (χ2n) is 11.1. The molecule has 1 saturated heterocycles. The third-order valence-corrected chi connectivity index (χ3v) is 8.08. The second kappa shape index (κ2) is 10.9. The Balaban J connectivity index is 1.36. The van der Waals surface area contributed by atoms with Gasteiger partial charge in [-0.05, 0) is 76.0 Å². The number of ether oxygens (including phenoxy) is 2. The summed E-state index contributed by atoms with van der Waals surface area (Å²) < 4.78 is 13.7. The van der Waals surface area contributed by atoms with Gasteiger partial charge in [-0.25, -0.2) is 0 Å². The van der Waals surface area contributed by atoms with Crippen LogP contribution in [0.4, 0.5) is 5.82 Å². The lowest BCUT2D eigenvalue weighted by molar-refractivity contribution is -0.000685. The molecular weight excluding hydrogens is 504 g/mol. The number of para-hydroxylation sites is 1. The van der Waals surface area contributed by atoms with Crippen molar-refractivity contribution in [3.8, 4) is 22.8 Å². The van der Waals surface area contributed by atoms with Crippen LogP contribution in [0.5, 0.6) is 11.6 Å². The molecule has 1 saturated carbocycles. The zero-order chi connectivity index (χ0) is 27.7. The van der Waals surface area contributed by atoms with Crippen molar-refractivity contribution in [1.82, 2.24) is 24.8 Å². The lowest BCUT2D eigenvalue weighted by atomic mass is 9.88. The zero-order valence-electron chi connectivity index (χ0n) is 23.3. The molecule has 2 aromatic heterocycles. The number of benzene rings is 2. The smallest absolute Gasteiger partial charge is 0.251 e. The topological polar surface area (TPSA) is 93.0 Å². The lowest BCUT2D eigenvalue weighted by Gasteiger charge is -2.43. The third-order valence-electron chi connectivity index (χ3n) is 8.08. The minimum Gasteiger partial charge on any atom is -0.439 e. The minimum absolute atomic E-state index is 0.0162. The Bertz CT molecular complexity index is 1510. The van der Waals surface area contributed by atoms with Crippen molar-refractivity contribution < 1.29 is 14.3 Å². The number of carbonyl (C=O) groups is 1. The molecular formula is C31H36N6O3. The Morgan fingerprint density at radius 1 is 1.12 bits per heavy atom. The molecule has 208 valence electrons. The van der Waals surface area contributed by atoms with Crippen molar-refractivity contribution >= 4 is 17.4 Å². The van der Waals surface area contributed by atoms with Crippen LogP contribution in [0.3, 0.4) is 0 Å². The van der Waals surface area contributed by atoms with Crippen LogP contribution in [-0.2, 0) is 4.74 Å². The van der Waals surface area contributed by atoms with E-state index >= 15 is 0 Å². The number of aryl methyl sites for hydroxylation is 1. The molecule has 6 rings (SSSR count). The van der Waals surface area contributed by atoms with Crippen molar-refractivity contribution in [2.75, 3.05) is 39.2 Å². The summed E-state index contributed by atoms with van der Waals surface area (Å²) >= 11 is 0. The molecule has 0 unspecified atom stereocenters. The van der Waals surface area contributed by atoms with Crippen LogP contribution in [0.15, 0.2) is 60.8 Å². The quantitative estimate of drug-likeness (QED) is 0.312. The largest absolute Gasteiger partial charge is 0.439 e. The number of fused-ring (bicyclic) bond motifs is 1. The second-order valence-corrected chi connectivity index (χ2v) is 11.1. The fourth-order valence-electron chi connectivity index (χ4n) is 5.30. The first-order chi connectivity index (χ1) is 19.4. The molecule has 2 aliphatic rings. The van der Waals surface area contributed by atoms with Gasteiger partial charge in [0.25, 0.3) is 5.91 Å². The van der Waals surface area contributed by atoms with Crippen molar-refractivity contribution in [1.29, 1.82) is 0 Å². The summed E-state index contributed by atoms with van der Waals surface area (Å²) in [5.41, 5.74) is 4.07. The highest BCUT2D eigenvalue weighted by Gasteiger charge is 2.35. The van der Waals surface area contributed by atoms with E-state index in [0.29, 0.717) is 28.9 Å². The van der Waals surface area contributed by atoms with Gasteiger partial charge < -0.3 is 25.0 Å². The highest BCUT2D eigenvalue weighted by atomic mass is 16.5. The standard InChI is InChI=1S/C31H36N6O3/c1-21-17-22(9-12-25(21)30(38)34-23-10-11-23)26-19-33-37-27(32-20-31(36(2)3)13-15-39-16-14-31)18-28(35-29(26)37)40-24-7-5-4-6-8-24/h4-9,12,17-19,23,32H,10-11,13-16,20H2,1-3H3,(H,34,38). The van der Waals surface area contributed by atoms with Gasteiger partial charge in [0.1, 0.15) is 11.6 Å². The van der Waals surface area contributed by atoms with E-state index in [1.165, 1.54) is 0 Å². The van der Waals surface area contributed by atoms with E-state index in [1.54, 1.807) is 0 Å². The Labute approximate surface area is 234 Å². The fraction of sp³-hybridized carbons (Fsp3) is 0.387. The summed E-state index contributed by atoms with van der Waals surface area (Å²) in [7, 11) is 4.25. The van der Waals surface area contributed by atoms with Crippen LogP contribution in [0.2, 0.25) is 0 Å². The predicted octanol–water partition coefficient (Wildman–Crippen LogP) is 4.91. The molecule has 9 nitrogen and oxygen atoms in total. The van der Waals surface area contributed by atoms with Crippen LogP contribution < -0.4 is 15.4 Å². The average Bonchev–Trinajstić information content (AvgIpc) is 3.67. The van der Waals surface area contributed by atoms with E-state index in [-0.39, 0.29) is 11.4 Å². The molecule has 4 aromatic rings.